The molecule has 58 valence electrons. The van der Waals surface area contributed by atoms with E-state index in [0.29, 0.717) is 0 Å². The summed E-state index contributed by atoms with van der Waals surface area (Å²) in [5.41, 5.74) is 9.77. The van der Waals surface area contributed by atoms with E-state index < -0.39 is 17.1 Å². The van der Waals surface area contributed by atoms with Crippen LogP contribution in [0.25, 0.3) is 0 Å². The molecule has 5 heteroatoms. The van der Waals surface area contributed by atoms with E-state index >= 15 is 0 Å². The lowest BCUT2D eigenvalue weighted by Gasteiger charge is -2.05. The Balaban J connectivity index is 3.83. The van der Waals surface area contributed by atoms with Crippen LogP contribution in [0.3, 0.4) is 0 Å². The van der Waals surface area contributed by atoms with Crippen molar-refractivity contribution in [1.29, 1.82) is 0 Å². The van der Waals surface area contributed by atoms with Gasteiger partial charge in [0.15, 0.2) is 0 Å². The molecule has 0 spiro atoms. The smallest absolute Gasteiger partial charge is 0.231 e. The first kappa shape index (κ1) is 9.29. The van der Waals surface area contributed by atoms with E-state index in [2.05, 4.69) is 0 Å². The summed E-state index contributed by atoms with van der Waals surface area (Å²) in [6, 6.07) is 0. The van der Waals surface area contributed by atoms with Gasteiger partial charge in [-0.1, -0.05) is 0 Å². The van der Waals surface area contributed by atoms with Crippen LogP contribution in [0.2, 0.25) is 0 Å². The second-order valence-electron chi connectivity index (χ2n) is 1.80. The fourth-order valence-electron chi connectivity index (χ4n) is 0.483. The predicted molar refractivity (Wildman–Crippen MR) is 40.3 cm³/mol. The Morgan fingerprint density at radius 3 is 2.10 bits per heavy atom. The lowest BCUT2D eigenvalue weighted by Crippen LogP contribution is -2.30. The quantitative estimate of drug-likeness (QED) is 0.560. The third-order valence-electron chi connectivity index (χ3n) is 0.988. The summed E-state index contributed by atoms with van der Waals surface area (Å²) in [5, 5.41) is -0.475. The summed E-state index contributed by atoms with van der Waals surface area (Å²) in [6.45, 7) is 0. The van der Waals surface area contributed by atoms with E-state index in [4.69, 9.17) is 11.5 Å². The Hall–Kier alpha value is -0.710. The molecule has 0 aromatic heterocycles. The van der Waals surface area contributed by atoms with Gasteiger partial charge in [0.05, 0.1) is 5.25 Å². The molecule has 0 rings (SSSR count). The molecule has 4 N–H and O–H groups in total. The lowest BCUT2D eigenvalue weighted by atomic mass is 10.3. The molecule has 0 aliphatic rings. The SMILES string of the molecule is CSC(CC(N)=O)C(N)=O. The number of hydrogen-bond acceptors (Lipinski definition) is 3. The van der Waals surface area contributed by atoms with Crippen molar-refractivity contribution < 1.29 is 9.59 Å². The minimum Gasteiger partial charge on any atom is -0.370 e. The Bertz CT molecular complexity index is 149. The topological polar surface area (TPSA) is 86.2 Å². The molecule has 10 heavy (non-hydrogen) atoms. The summed E-state index contributed by atoms with van der Waals surface area (Å²) < 4.78 is 0. The van der Waals surface area contributed by atoms with E-state index in [1.165, 1.54) is 11.8 Å². The van der Waals surface area contributed by atoms with Crippen molar-refractivity contribution in [3.8, 4) is 0 Å². The molecule has 0 bridgehead atoms. The molecular weight excluding hydrogens is 152 g/mol. The number of primary amides is 2. The highest BCUT2D eigenvalue weighted by Crippen LogP contribution is 2.08. The van der Waals surface area contributed by atoms with Crippen LogP contribution in [0.4, 0.5) is 0 Å². The zero-order valence-electron chi connectivity index (χ0n) is 5.66. The largest absolute Gasteiger partial charge is 0.370 e. The molecule has 0 aliphatic heterocycles. The molecule has 0 radical (unpaired) electrons. The van der Waals surface area contributed by atoms with Gasteiger partial charge >= 0.3 is 0 Å². The van der Waals surface area contributed by atoms with Crippen molar-refractivity contribution in [3.05, 3.63) is 0 Å². The number of rotatable bonds is 4. The molecule has 1 atom stereocenters. The normalized spacial score (nSPS) is 12.5. The second kappa shape index (κ2) is 4.16. The summed E-state index contributed by atoms with van der Waals surface area (Å²) in [6.07, 6.45) is 1.73. The van der Waals surface area contributed by atoms with Gasteiger partial charge in [0.1, 0.15) is 0 Å². The summed E-state index contributed by atoms with van der Waals surface area (Å²) in [5.74, 6) is -0.996. The zero-order chi connectivity index (χ0) is 8.15. The van der Waals surface area contributed by atoms with Gasteiger partial charge in [-0.3, -0.25) is 9.59 Å². The number of carbonyl (C=O) groups excluding carboxylic acids is 2. The van der Waals surface area contributed by atoms with E-state index in [1.807, 2.05) is 0 Å². The zero-order valence-corrected chi connectivity index (χ0v) is 6.48. The first-order valence-electron chi connectivity index (χ1n) is 2.68. The maximum atomic E-state index is 10.5. The van der Waals surface area contributed by atoms with Crippen LogP contribution in [0, 0.1) is 0 Å². The van der Waals surface area contributed by atoms with Crippen LogP contribution < -0.4 is 11.5 Å². The number of nitrogens with two attached hydrogens (primary N) is 2. The molecule has 0 saturated heterocycles. The number of amides is 2. The van der Waals surface area contributed by atoms with Gasteiger partial charge in [-0.15, -0.1) is 0 Å². The highest BCUT2D eigenvalue weighted by Gasteiger charge is 2.15. The molecule has 0 aliphatic carbocycles. The molecule has 2 amide bonds. The van der Waals surface area contributed by atoms with Crippen molar-refractivity contribution >= 4 is 23.6 Å². The molecule has 0 saturated carbocycles. The third kappa shape index (κ3) is 3.34. The Kier molecular flexibility index (Phi) is 3.87. The maximum Gasteiger partial charge on any atom is 0.231 e. The Labute approximate surface area is 63.3 Å². The van der Waals surface area contributed by atoms with E-state index in [0.717, 1.165) is 0 Å². The van der Waals surface area contributed by atoms with E-state index in [-0.39, 0.29) is 6.42 Å². The van der Waals surface area contributed by atoms with Gasteiger partial charge < -0.3 is 11.5 Å². The van der Waals surface area contributed by atoms with Crippen LogP contribution in [0.15, 0.2) is 0 Å². The molecule has 1 unspecified atom stereocenters. The van der Waals surface area contributed by atoms with Gasteiger partial charge in [-0.05, 0) is 6.26 Å². The van der Waals surface area contributed by atoms with Crippen LogP contribution >= 0.6 is 11.8 Å². The van der Waals surface area contributed by atoms with Gasteiger partial charge in [0.25, 0.3) is 0 Å². The van der Waals surface area contributed by atoms with Gasteiger partial charge in [0.2, 0.25) is 11.8 Å². The number of hydrogen-bond donors (Lipinski definition) is 2. The minimum absolute atomic E-state index is 0.0243. The van der Waals surface area contributed by atoms with Crippen LogP contribution in [-0.4, -0.2) is 23.3 Å². The first-order chi connectivity index (χ1) is 4.57. The predicted octanol–water partition coefficient (Wildman–Crippen LogP) is -0.921. The standard InChI is InChI=1S/C5H10N2O2S/c1-10-3(5(7)9)2-4(6)8/h3H,2H2,1H3,(H2,6,8)(H2,7,9). The van der Waals surface area contributed by atoms with E-state index in [1.54, 1.807) is 6.26 Å². The fraction of sp³-hybridized carbons (Fsp3) is 0.600. The second-order valence-corrected chi connectivity index (χ2v) is 2.84. The monoisotopic (exact) mass is 162 g/mol. The van der Waals surface area contributed by atoms with Crippen molar-refractivity contribution in [1.82, 2.24) is 0 Å². The molecule has 0 aromatic rings. The fourth-order valence-corrected chi connectivity index (χ4v) is 1.05. The van der Waals surface area contributed by atoms with Crippen LogP contribution in [-0.2, 0) is 9.59 Å². The van der Waals surface area contributed by atoms with E-state index in [9.17, 15) is 9.59 Å². The number of thioether (sulfide) groups is 1. The van der Waals surface area contributed by atoms with Crippen LogP contribution in [0.1, 0.15) is 6.42 Å². The summed E-state index contributed by atoms with van der Waals surface area (Å²) in [4.78, 5) is 20.7. The average molecular weight is 162 g/mol. The van der Waals surface area contributed by atoms with Crippen molar-refractivity contribution in [2.45, 2.75) is 11.7 Å². The van der Waals surface area contributed by atoms with Gasteiger partial charge in [0, 0.05) is 6.42 Å². The van der Waals surface area contributed by atoms with Crippen molar-refractivity contribution in [2.24, 2.45) is 11.5 Å². The highest BCUT2D eigenvalue weighted by atomic mass is 32.2. The molecular formula is C5H10N2O2S. The molecule has 0 fully saturated rings. The number of carbonyl (C=O) groups is 2. The molecule has 4 nitrogen and oxygen atoms in total. The lowest BCUT2D eigenvalue weighted by molar-refractivity contribution is -0.122. The Morgan fingerprint density at radius 2 is 2.00 bits per heavy atom. The Morgan fingerprint density at radius 1 is 1.50 bits per heavy atom. The van der Waals surface area contributed by atoms with Crippen molar-refractivity contribution in [3.63, 3.8) is 0 Å². The van der Waals surface area contributed by atoms with Gasteiger partial charge in [-0.25, -0.2) is 0 Å². The van der Waals surface area contributed by atoms with Gasteiger partial charge in [-0.2, -0.15) is 11.8 Å². The first-order valence-corrected chi connectivity index (χ1v) is 3.97. The summed E-state index contributed by atoms with van der Waals surface area (Å²) >= 11 is 1.23. The molecule has 0 heterocycles. The third-order valence-corrected chi connectivity index (χ3v) is 1.96. The summed E-state index contributed by atoms with van der Waals surface area (Å²) in [7, 11) is 0. The maximum absolute atomic E-state index is 10.5. The minimum atomic E-state index is -0.502. The highest BCUT2D eigenvalue weighted by molar-refractivity contribution is 7.99. The van der Waals surface area contributed by atoms with Crippen LogP contribution in [0.5, 0.6) is 0 Å². The van der Waals surface area contributed by atoms with Crippen molar-refractivity contribution in [2.75, 3.05) is 6.26 Å². The average Bonchev–Trinajstić information content (AvgIpc) is 1.81. The molecule has 0 aromatic carbocycles.